The van der Waals surface area contributed by atoms with Crippen molar-refractivity contribution >= 4 is 11.9 Å². The van der Waals surface area contributed by atoms with Crippen molar-refractivity contribution in [1.82, 2.24) is 14.4 Å². The van der Waals surface area contributed by atoms with Crippen molar-refractivity contribution in [1.29, 1.82) is 0 Å². The lowest BCUT2D eigenvalue weighted by Crippen LogP contribution is -2.44. The van der Waals surface area contributed by atoms with Crippen LogP contribution in [-0.2, 0) is 11.3 Å². The van der Waals surface area contributed by atoms with Gasteiger partial charge in [0.1, 0.15) is 12.2 Å². The molecule has 0 aliphatic carbocycles. The third kappa shape index (κ3) is 3.64. The normalized spacial score (nSPS) is 20.3. The van der Waals surface area contributed by atoms with Gasteiger partial charge in [0.15, 0.2) is 0 Å². The molecule has 116 valence electrons. The van der Waals surface area contributed by atoms with Crippen LogP contribution in [0.25, 0.3) is 0 Å². The first-order chi connectivity index (χ1) is 10.0. The topological polar surface area (TPSA) is 65.8 Å². The Morgan fingerprint density at radius 2 is 2.14 bits per heavy atom. The first-order valence-electron chi connectivity index (χ1n) is 7.39. The summed E-state index contributed by atoms with van der Waals surface area (Å²) in [6.45, 7) is 4.47. The third-order valence-corrected chi connectivity index (χ3v) is 3.99. The first-order valence-corrected chi connectivity index (χ1v) is 7.39. The smallest absolute Gasteiger partial charge is 0.323 e. The maximum atomic E-state index is 12.8. The molecule has 1 unspecified atom stereocenters. The number of hydrogen-bond donors (Lipinski definition) is 1. The molecule has 0 radical (unpaired) electrons. The monoisotopic (exact) mass is 293 g/mol. The van der Waals surface area contributed by atoms with E-state index in [1.807, 2.05) is 4.90 Å². The molecule has 6 nitrogen and oxygen atoms in total. The lowest BCUT2D eigenvalue weighted by Gasteiger charge is -2.30. The van der Waals surface area contributed by atoms with Crippen LogP contribution < -0.4 is 0 Å². The van der Waals surface area contributed by atoms with Crippen LogP contribution in [0.4, 0.5) is 0 Å². The summed E-state index contributed by atoms with van der Waals surface area (Å²) in [5.74, 6) is -1.01. The second kappa shape index (κ2) is 6.76. The molecule has 1 amide bonds. The Kier molecular flexibility index (Phi) is 5.01. The molecule has 1 atom stereocenters. The molecule has 0 bridgehead atoms. The molecule has 1 aliphatic heterocycles. The zero-order valence-corrected chi connectivity index (χ0v) is 12.7. The fourth-order valence-electron chi connectivity index (χ4n) is 2.90. The zero-order chi connectivity index (χ0) is 15.4. The number of carbonyl (C=O) groups is 2. The molecule has 1 aromatic heterocycles. The quantitative estimate of drug-likeness (QED) is 0.904. The summed E-state index contributed by atoms with van der Waals surface area (Å²) in [6, 6.07) is 3.60. The summed E-state index contributed by atoms with van der Waals surface area (Å²) in [5, 5.41) is 8.93. The number of carboxylic acid groups (broad SMARTS) is 1. The Balaban J connectivity index is 2.21. The number of carbonyl (C=O) groups excluding carboxylic acids is 1. The Hall–Kier alpha value is -1.82. The molecule has 1 aromatic rings. The SMILES string of the molecule is CCC1CN(C)CCCN1C(=O)c1cccn1CC(=O)O. The van der Waals surface area contributed by atoms with Crippen molar-refractivity contribution in [3.05, 3.63) is 24.0 Å². The van der Waals surface area contributed by atoms with Crippen LogP contribution in [-0.4, -0.2) is 64.1 Å². The molecule has 0 aromatic carbocycles. The first kappa shape index (κ1) is 15.6. The number of carboxylic acids is 1. The van der Waals surface area contributed by atoms with Gasteiger partial charge in [-0.15, -0.1) is 0 Å². The Bertz CT molecular complexity index is 512. The van der Waals surface area contributed by atoms with Gasteiger partial charge in [-0.3, -0.25) is 9.59 Å². The van der Waals surface area contributed by atoms with Gasteiger partial charge in [-0.05, 0) is 38.6 Å². The minimum atomic E-state index is -0.942. The van der Waals surface area contributed by atoms with Crippen molar-refractivity contribution in [3.63, 3.8) is 0 Å². The number of aliphatic carboxylic acids is 1. The van der Waals surface area contributed by atoms with Crippen LogP contribution in [0.15, 0.2) is 18.3 Å². The highest BCUT2D eigenvalue weighted by Gasteiger charge is 2.28. The molecule has 2 rings (SSSR count). The summed E-state index contributed by atoms with van der Waals surface area (Å²) in [5.41, 5.74) is 0.459. The fraction of sp³-hybridized carbons (Fsp3) is 0.600. The van der Waals surface area contributed by atoms with E-state index in [0.717, 1.165) is 32.5 Å². The molecular weight excluding hydrogens is 270 g/mol. The van der Waals surface area contributed by atoms with Gasteiger partial charge in [0, 0.05) is 25.3 Å². The number of nitrogens with zero attached hydrogens (tertiary/aromatic N) is 3. The number of aromatic nitrogens is 1. The van der Waals surface area contributed by atoms with Gasteiger partial charge < -0.3 is 19.5 Å². The summed E-state index contributed by atoms with van der Waals surface area (Å²) < 4.78 is 1.51. The molecule has 6 heteroatoms. The minimum absolute atomic E-state index is 0.0663. The van der Waals surface area contributed by atoms with Crippen molar-refractivity contribution in [2.24, 2.45) is 0 Å². The number of likely N-dealkylation sites (N-methyl/N-ethyl adjacent to an activating group) is 1. The third-order valence-electron chi connectivity index (χ3n) is 3.99. The average molecular weight is 293 g/mol. The van der Waals surface area contributed by atoms with Crippen LogP contribution in [0, 0.1) is 0 Å². The van der Waals surface area contributed by atoms with Crippen LogP contribution in [0.5, 0.6) is 0 Å². The summed E-state index contributed by atoms with van der Waals surface area (Å²) >= 11 is 0. The second-order valence-corrected chi connectivity index (χ2v) is 5.59. The van der Waals surface area contributed by atoms with E-state index in [-0.39, 0.29) is 18.5 Å². The van der Waals surface area contributed by atoms with E-state index < -0.39 is 5.97 Å². The van der Waals surface area contributed by atoms with Gasteiger partial charge in [-0.1, -0.05) is 6.92 Å². The predicted molar refractivity (Wildman–Crippen MR) is 79.3 cm³/mol. The lowest BCUT2D eigenvalue weighted by atomic mass is 10.1. The Morgan fingerprint density at radius 1 is 1.38 bits per heavy atom. The molecule has 1 saturated heterocycles. The molecule has 21 heavy (non-hydrogen) atoms. The van der Waals surface area contributed by atoms with E-state index in [0.29, 0.717) is 5.69 Å². The van der Waals surface area contributed by atoms with E-state index in [9.17, 15) is 9.59 Å². The van der Waals surface area contributed by atoms with Crippen molar-refractivity contribution < 1.29 is 14.7 Å². The highest BCUT2D eigenvalue weighted by molar-refractivity contribution is 5.93. The molecule has 0 spiro atoms. The van der Waals surface area contributed by atoms with Crippen molar-refractivity contribution in [3.8, 4) is 0 Å². The highest BCUT2D eigenvalue weighted by atomic mass is 16.4. The molecular formula is C15H23N3O3. The molecule has 1 aliphatic rings. The lowest BCUT2D eigenvalue weighted by molar-refractivity contribution is -0.137. The average Bonchev–Trinajstić information content (AvgIpc) is 2.79. The Labute approximate surface area is 124 Å². The van der Waals surface area contributed by atoms with Gasteiger partial charge in [0.05, 0.1) is 0 Å². The fourth-order valence-corrected chi connectivity index (χ4v) is 2.90. The van der Waals surface area contributed by atoms with E-state index in [2.05, 4.69) is 18.9 Å². The number of rotatable bonds is 4. The van der Waals surface area contributed by atoms with E-state index in [1.165, 1.54) is 4.57 Å². The maximum absolute atomic E-state index is 12.8. The summed E-state index contributed by atoms with van der Waals surface area (Å²) in [7, 11) is 2.07. The standard InChI is InChI=1S/C15H23N3O3/c1-3-12-10-16(2)7-5-9-18(12)15(21)13-6-4-8-17(13)11-14(19)20/h4,6,8,12H,3,5,7,9-11H2,1-2H3,(H,19,20). The maximum Gasteiger partial charge on any atom is 0.323 e. The minimum Gasteiger partial charge on any atom is -0.480 e. The van der Waals surface area contributed by atoms with Gasteiger partial charge in [0.2, 0.25) is 0 Å². The van der Waals surface area contributed by atoms with Crippen molar-refractivity contribution in [2.45, 2.75) is 32.4 Å². The van der Waals surface area contributed by atoms with Crippen LogP contribution >= 0.6 is 0 Å². The molecule has 2 heterocycles. The second-order valence-electron chi connectivity index (χ2n) is 5.59. The van der Waals surface area contributed by atoms with Crippen LogP contribution in [0.2, 0.25) is 0 Å². The van der Waals surface area contributed by atoms with Gasteiger partial charge in [0.25, 0.3) is 5.91 Å². The Morgan fingerprint density at radius 3 is 2.81 bits per heavy atom. The molecule has 1 fully saturated rings. The largest absolute Gasteiger partial charge is 0.480 e. The van der Waals surface area contributed by atoms with Gasteiger partial charge in [-0.25, -0.2) is 0 Å². The van der Waals surface area contributed by atoms with Crippen LogP contribution in [0.1, 0.15) is 30.3 Å². The molecule has 0 saturated carbocycles. The van der Waals surface area contributed by atoms with Gasteiger partial charge in [-0.2, -0.15) is 0 Å². The molecule has 1 N–H and O–H groups in total. The summed E-state index contributed by atoms with van der Waals surface area (Å²) in [4.78, 5) is 27.8. The van der Waals surface area contributed by atoms with Crippen molar-refractivity contribution in [2.75, 3.05) is 26.7 Å². The highest BCUT2D eigenvalue weighted by Crippen LogP contribution is 2.16. The van der Waals surface area contributed by atoms with Crippen LogP contribution in [0.3, 0.4) is 0 Å². The van der Waals surface area contributed by atoms with E-state index in [4.69, 9.17) is 5.11 Å². The number of hydrogen-bond acceptors (Lipinski definition) is 3. The summed E-state index contributed by atoms with van der Waals surface area (Å²) in [6.07, 6.45) is 3.49. The predicted octanol–water partition coefficient (Wildman–Crippen LogP) is 1.13. The van der Waals surface area contributed by atoms with Gasteiger partial charge >= 0.3 is 5.97 Å². The zero-order valence-electron chi connectivity index (χ0n) is 12.7. The van der Waals surface area contributed by atoms with E-state index in [1.54, 1.807) is 18.3 Å². The number of amides is 1. The van der Waals surface area contributed by atoms with E-state index >= 15 is 0 Å².